The van der Waals surface area contributed by atoms with Crippen LogP contribution >= 0.6 is 0 Å². The molecule has 2 aliphatic rings. The van der Waals surface area contributed by atoms with Crippen molar-refractivity contribution >= 4 is 11.8 Å². The van der Waals surface area contributed by atoms with Gasteiger partial charge in [-0.05, 0) is 49.3 Å². The van der Waals surface area contributed by atoms with Crippen molar-refractivity contribution in [2.75, 3.05) is 20.3 Å². The first kappa shape index (κ1) is 22.4. The van der Waals surface area contributed by atoms with E-state index in [0.717, 1.165) is 44.1 Å². The van der Waals surface area contributed by atoms with Crippen LogP contribution in [0.2, 0.25) is 0 Å². The lowest BCUT2D eigenvalue weighted by Crippen LogP contribution is -2.47. The molecule has 0 spiro atoms. The van der Waals surface area contributed by atoms with Gasteiger partial charge < -0.3 is 19.7 Å². The van der Waals surface area contributed by atoms with E-state index in [1.54, 1.807) is 7.11 Å². The number of nitrogens with zero attached hydrogens (tertiary/aromatic N) is 1. The van der Waals surface area contributed by atoms with E-state index >= 15 is 0 Å². The third kappa shape index (κ3) is 5.67. The van der Waals surface area contributed by atoms with Crippen LogP contribution in [-0.4, -0.2) is 43.0 Å². The Morgan fingerprint density at radius 3 is 2.57 bits per heavy atom. The van der Waals surface area contributed by atoms with Crippen molar-refractivity contribution in [2.45, 2.75) is 71.4 Å². The molecule has 30 heavy (non-hydrogen) atoms. The van der Waals surface area contributed by atoms with Gasteiger partial charge in [0.25, 0.3) is 0 Å². The number of nitrogens with one attached hydrogen (secondary N) is 1. The first-order valence-corrected chi connectivity index (χ1v) is 11.4. The van der Waals surface area contributed by atoms with Crippen LogP contribution in [0.25, 0.3) is 0 Å². The predicted molar refractivity (Wildman–Crippen MR) is 116 cm³/mol. The molecule has 0 aromatic heterocycles. The molecule has 1 heterocycles. The minimum Gasteiger partial charge on any atom is -0.493 e. The summed E-state index contributed by atoms with van der Waals surface area (Å²) in [6.45, 7) is 5.92. The average Bonchev–Trinajstić information content (AvgIpc) is 3.26. The monoisotopic (exact) mass is 416 g/mol. The van der Waals surface area contributed by atoms with Crippen molar-refractivity contribution in [2.24, 2.45) is 11.8 Å². The molecule has 1 atom stereocenters. The highest BCUT2D eigenvalue weighted by molar-refractivity contribution is 5.89. The standard InChI is InChI=1S/C24H36N2O4/c1-17(2)16-30-21-12-11-18(14-22(21)29-3)15-25-23(27)20-10-7-13-26(20)24(28)19-8-5-4-6-9-19/h11-12,14,17,19-20H,4-10,13,15-16H2,1-3H3,(H,25,27)/t20-/m1/s1. The van der Waals surface area contributed by atoms with E-state index in [2.05, 4.69) is 19.2 Å². The number of amides is 2. The van der Waals surface area contributed by atoms with Gasteiger partial charge in [0.1, 0.15) is 6.04 Å². The zero-order valence-electron chi connectivity index (χ0n) is 18.6. The van der Waals surface area contributed by atoms with E-state index in [4.69, 9.17) is 9.47 Å². The molecule has 3 rings (SSSR count). The first-order chi connectivity index (χ1) is 14.5. The first-order valence-electron chi connectivity index (χ1n) is 11.4. The van der Waals surface area contributed by atoms with Crippen molar-refractivity contribution in [3.63, 3.8) is 0 Å². The second kappa shape index (κ2) is 10.7. The third-order valence-electron chi connectivity index (χ3n) is 6.06. The number of hydrogen-bond acceptors (Lipinski definition) is 4. The molecule has 1 aliphatic carbocycles. The fourth-order valence-corrected chi connectivity index (χ4v) is 4.39. The maximum absolute atomic E-state index is 12.9. The summed E-state index contributed by atoms with van der Waals surface area (Å²) in [5.74, 6) is 2.03. The van der Waals surface area contributed by atoms with Crippen LogP contribution in [-0.2, 0) is 16.1 Å². The molecule has 0 bridgehead atoms. The van der Waals surface area contributed by atoms with Gasteiger partial charge in [0.15, 0.2) is 11.5 Å². The topological polar surface area (TPSA) is 67.9 Å². The number of carbonyl (C=O) groups excluding carboxylic acids is 2. The number of hydrogen-bond donors (Lipinski definition) is 1. The SMILES string of the molecule is COc1cc(CNC(=O)[C@H]2CCCN2C(=O)C2CCCCC2)ccc1OCC(C)C. The van der Waals surface area contributed by atoms with Crippen molar-refractivity contribution in [3.05, 3.63) is 23.8 Å². The number of likely N-dealkylation sites (tertiary alicyclic amines) is 1. The molecule has 6 nitrogen and oxygen atoms in total. The second-order valence-corrected chi connectivity index (χ2v) is 8.93. The molecule has 6 heteroatoms. The molecule has 1 aromatic carbocycles. The van der Waals surface area contributed by atoms with Gasteiger partial charge in [-0.2, -0.15) is 0 Å². The van der Waals surface area contributed by atoms with Crippen LogP contribution < -0.4 is 14.8 Å². The number of methoxy groups -OCH3 is 1. The summed E-state index contributed by atoms with van der Waals surface area (Å²) in [7, 11) is 1.62. The van der Waals surface area contributed by atoms with Crippen molar-refractivity contribution in [1.82, 2.24) is 10.2 Å². The Hall–Kier alpha value is -2.24. The molecular weight excluding hydrogens is 380 g/mol. The number of benzene rings is 1. The van der Waals surface area contributed by atoms with Gasteiger partial charge in [0, 0.05) is 19.0 Å². The van der Waals surface area contributed by atoms with E-state index in [9.17, 15) is 9.59 Å². The second-order valence-electron chi connectivity index (χ2n) is 8.93. The Morgan fingerprint density at radius 1 is 1.10 bits per heavy atom. The summed E-state index contributed by atoms with van der Waals surface area (Å²) in [5, 5.41) is 3.02. The normalized spacial score (nSPS) is 19.7. The van der Waals surface area contributed by atoms with Crippen LogP contribution in [0.5, 0.6) is 11.5 Å². The number of ether oxygens (including phenoxy) is 2. The Morgan fingerprint density at radius 2 is 1.87 bits per heavy atom. The van der Waals surface area contributed by atoms with Gasteiger partial charge in [0.2, 0.25) is 11.8 Å². The Balaban J connectivity index is 1.57. The van der Waals surface area contributed by atoms with Gasteiger partial charge in [-0.25, -0.2) is 0 Å². The summed E-state index contributed by atoms with van der Waals surface area (Å²) < 4.78 is 11.2. The van der Waals surface area contributed by atoms with Crippen molar-refractivity contribution < 1.29 is 19.1 Å². The van der Waals surface area contributed by atoms with Gasteiger partial charge in [-0.1, -0.05) is 39.2 Å². The van der Waals surface area contributed by atoms with Crippen LogP contribution in [0, 0.1) is 11.8 Å². The molecule has 1 aliphatic heterocycles. The minimum atomic E-state index is -0.338. The van der Waals surface area contributed by atoms with E-state index in [-0.39, 0.29) is 23.8 Å². The van der Waals surface area contributed by atoms with Crippen molar-refractivity contribution in [3.8, 4) is 11.5 Å². The highest BCUT2D eigenvalue weighted by atomic mass is 16.5. The lowest BCUT2D eigenvalue weighted by Gasteiger charge is -2.30. The lowest BCUT2D eigenvalue weighted by molar-refractivity contribution is -0.142. The fourth-order valence-electron chi connectivity index (χ4n) is 4.39. The van der Waals surface area contributed by atoms with Crippen LogP contribution in [0.15, 0.2) is 18.2 Å². The molecule has 1 N–H and O–H groups in total. The largest absolute Gasteiger partial charge is 0.493 e. The minimum absolute atomic E-state index is 0.0595. The molecule has 0 unspecified atom stereocenters. The van der Waals surface area contributed by atoms with E-state index in [1.165, 1.54) is 6.42 Å². The number of carbonyl (C=O) groups is 2. The number of rotatable bonds is 8. The predicted octanol–water partition coefficient (Wildman–Crippen LogP) is 3.92. The molecule has 1 saturated carbocycles. The summed E-state index contributed by atoms with van der Waals surface area (Å²) in [6.07, 6.45) is 7.04. The summed E-state index contributed by atoms with van der Waals surface area (Å²) in [4.78, 5) is 27.6. The van der Waals surface area contributed by atoms with E-state index < -0.39 is 0 Å². The summed E-state index contributed by atoms with van der Waals surface area (Å²) in [6, 6.07) is 5.39. The van der Waals surface area contributed by atoms with Gasteiger partial charge in [-0.15, -0.1) is 0 Å². The van der Waals surface area contributed by atoms with E-state index in [0.29, 0.717) is 37.1 Å². The fraction of sp³-hybridized carbons (Fsp3) is 0.667. The summed E-state index contributed by atoms with van der Waals surface area (Å²) >= 11 is 0. The Bertz CT molecular complexity index is 728. The molecule has 2 amide bonds. The molecule has 1 saturated heterocycles. The molecule has 0 radical (unpaired) electrons. The maximum Gasteiger partial charge on any atom is 0.243 e. The van der Waals surface area contributed by atoms with Crippen LogP contribution in [0.1, 0.15) is 64.4 Å². The van der Waals surface area contributed by atoms with Crippen LogP contribution in [0.4, 0.5) is 0 Å². The zero-order valence-corrected chi connectivity index (χ0v) is 18.6. The Kier molecular flexibility index (Phi) is 8.00. The molecule has 2 fully saturated rings. The van der Waals surface area contributed by atoms with Crippen molar-refractivity contribution in [1.29, 1.82) is 0 Å². The van der Waals surface area contributed by atoms with Gasteiger partial charge >= 0.3 is 0 Å². The van der Waals surface area contributed by atoms with Gasteiger partial charge in [0.05, 0.1) is 13.7 Å². The lowest BCUT2D eigenvalue weighted by atomic mass is 9.88. The third-order valence-corrected chi connectivity index (χ3v) is 6.06. The maximum atomic E-state index is 12.9. The zero-order chi connectivity index (χ0) is 21.5. The van der Waals surface area contributed by atoms with Crippen LogP contribution in [0.3, 0.4) is 0 Å². The highest BCUT2D eigenvalue weighted by Crippen LogP contribution is 2.30. The Labute approximate surface area is 180 Å². The quantitative estimate of drug-likeness (QED) is 0.697. The molecular formula is C24H36N2O4. The molecule has 166 valence electrons. The highest BCUT2D eigenvalue weighted by Gasteiger charge is 2.37. The average molecular weight is 417 g/mol. The summed E-state index contributed by atoms with van der Waals surface area (Å²) in [5.41, 5.74) is 0.945. The van der Waals surface area contributed by atoms with E-state index in [1.807, 2.05) is 23.1 Å². The molecule has 1 aromatic rings. The smallest absolute Gasteiger partial charge is 0.243 e. The van der Waals surface area contributed by atoms with Gasteiger partial charge in [-0.3, -0.25) is 9.59 Å².